The lowest BCUT2D eigenvalue weighted by molar-refractivity contribution is 0.103. The first kappa shape index (κ1) is 17.9. The molecule has 0 spiro atoms. The molecule has 6 nitrogen and oxygen atoms in total. The van der Waals surface area contributed by atoms with Gasteiger partial charge in [0.2, 0.25) is 0 Å². The molecule has 0 saturated heterocycles. The summed E-state index contributed by atoms with van der Waals surface area (Å²) in [5, 5.41) is 9.01. The number of methoxy groups -OCH3 is 1. The van der Waals surface area contributed by atoms with E-state index in [0.29, 0.717) is 27.6 Å². The van der Waals surface area contributed by atoms with Gasteiger partial charge in [0.15, 0.2) is 5.82 Å². The average molecular weight is 394 g/mol. The number of amides is 1. The quantitative estimate of drug-likeness (QED) is 0.545. The molecule has 8 heteroatoms. The molecular formula is C20H15FN4O2S. The Balaban J connectivity index is 1.64. The van der Waals surface area contributed by atoms with E-state index < -0.39 is 0 Å². The smallest absolute Gasteiger partial charge is 0.336 e. The van der Waals surface area contributed by atoms with Gasteiger partial charge in [-0.2, -0.15) is 4.98 Å². The molecule has 0 unspecified atom stereocenters. The molecule has 140 valence electrons. The van der Waals surface area contributed by atoms with Gasteiger partial charge in [-0.1, -0.05) is 18.2 Å². The molecule has 0 aliphatic carbocycles. The highest BCUT2D eigenvalue weighted by Crippen LogP contribution is 2.25. The van der Waals surface area contributed by atoms with Gasteiger partial charge in [0.1, 0.15) is 5.82 Å². The van der Waals surface area contributed by atoms with Crippen molar-refractivity contribution in [2.45, 2.75) is 0 Å². The number of aromatic nitrogens is 3. The van der Waals surface area contributed by atoms with Crippen LogP contribution in [0.1, 0.15) is 9.67 Å². The second kappa shape index (κ2) is 7.61. The van der Waals surface area contributed by atoms with Crippen LogP contribution >= 0.6 is 11.3 Å². The summed E-state index contributed by atoms with van der Waals surface area (Å²) in [5.74, 6) is -0.0741. The Morgan fingerprint density at radius 3 is 2.64 bits per heavy atom. The Morgan fingerprint density at radius 1 is 1.14 bits per heavy atom. The van der Waals surface area contributed by atoms with Crippen molar-refractivity contribution >= 4 is 22.9 Å². The summed E-state index contributed by atoms with van der Waals surface area (Å²) in [7, 11) is 1.47. The Morgan fingerprint density at radius 2 is 1.96 bits per heavy atom. The predicted molar refractivity (Wildman–Crippen MR) is 106 cm³/mol. The van der Waals surface area contributed by atoms with Crippen molar-refractivity contribution < 1.29 is 13.9 Å². The monoisotopic (exact) mass is 394 g/mol. The lowest BCUT2D eigenvalue weighted by Crippen LogP contribution is -2.10. The summed E-state index contributed by atoms with van der Waals surface area (Å²) in [6, 6.07) is 17.0. The summed E-state index contributed by atoms with van der Waals surface area (Å²) < 4.78 is 20.3. The van der Waals surface area contributed by atoms with Crippen molar-refractivity contribution in [2.75, 3.05) is 12.4 Å². The number of hydrogen-bond donors (Lipinski definition) is 1. The van der Waals surface area contributed by atoms with E-state index in [-0.39, 0.29) is 17.7 Å². The van der Waals surface area contributed by atoms with Crippen LogP contribution in [0.4, 0.5) is 10.1 Å². The molecule has 0 bridgehead atoms. The van der Waals surface area contributed by atoms with E-state index in [4.69, 9.17) is 4.74 Å². The van der Waals surface area contributed by atoms with Gasteiger partial charge in [0.25, 0.3) is 5.91 Å². The van der Waals surface area contributed by atoms with E-state index in [2.05, 4.69) is 15.4 Å². The zero-order valence-corrected chi connectivity index (χ0v) is 15.6. The van der Waals surface area contributed by atoms with Gasteiger partial charge < -0.3 is 10.1 Å². The number of nitrogens with one attached hydrogen (secondary N) is 1. The lowest BCUT2D eigenvalue weighted by atomic mass is 10.2. The van der Waals surface area contributed by atoms with Gasteiger partial charge in [0, 0.05) is 11.3 Å². The van der Waals surface area contributed by atoms with E-state index >= 15 is 0 Å². The summed E-state index contributed by atoms with van der Waals surface area (Å²) in [6.07, 6.45) is 0. The van der Waals surface area contributed by atoms with Crippen LogP contribution in [0.2, 0.25) is 0 Å². The fourth-order valence-electron chi connectivity index (χ4n) is 2.66. The van der Waals surface area contributed by atoms with Crippen LogP contribution in [-0.4, -0.2) is 27.8 Å². The molecule has 0 saturated carbocycles. The van der Waals surface area contributed by atoms with Crippen LogP contribution in [0.3, 0.4) is 0 Å². The summed E-state index contributed by atoms with van der Waals surface area (Å²) in [4.78, 5) is 17.1. The summed E-state index contributed by atoms with van der Waals surface area (Å²) >= 11 is 1.38. The van der Waals surface area contributed by atoms with E-state index in [9.17, 15) is 9.18 Å². The molecule has 4 rings (SSSR count). The van der Waals surface area contributed by atoms with Crippen LogP contribution in [0.15, 0.2) is 66.0 Å². The molecule has 2 heterocycles. The van der Waals surface area contributed by atoms with E-state index in [1.54, 1.807) is 47.1 Å². The number of carbonyl (C=O) groups excluding carboxylic acids is 1. The molecule has 0 aliphatic rings. The normalized spacial score (nSPS) is 10.6. The van der Waals surface area contributed by atoms with Crippen LogP contribution < -0.4 is 10.1 Å². The number of ether oxygens (including phenoxy) is 1. The molecule has 1 N–H and O–H groups in total. The number of anilines is 1. The van der Waals surface area contributed by atoms with Crippen molar-refractivity contribution in [1.29, 1.82) is 0 Å². The minimum absolute atomic E-state index is 0.161. The number of thiophene rings is 1. The Labute approximate surface area is 164 Å². The standard InChI is InChI=1S/C20H15FN4O2S/c1-27-20-23-18(13-4-2-5-14(21)12-13)25(24-20)16-9-7-15(8-10-16)22-19(26)17-6-3-11-28-17/h2-12H,1H3,(H,22,26). The van der Waals surface area contributed by atoms with Gasteiger partial charge in [-0.3, -0.25) is 4.79 Å². The second-order valence-electron chi connectivity index (χ2n) is 5.82. The fourth-order valence-corrected chi connectivity index (χ4v) is 3.28. The number of benzene rings is 2. The highest BCUT2D eigenvalue weighted by atomic mass is 32.1. The van der Waals surface area contributed by atoms with Crippen LogP contribution in [0.5, 0.6) is 6.01 Å². The maximum atomic E-state index is 13.6. The van der Waals surface area contributed by atoms with Gasteiger partial charge in [0.05, 0.1) is 17.7 Å². The first-order valence-corrected chi connectivity index (χ1v) is 9.24. The largest absolute Gasteiger partial charge is 0.466 e. The van der Waals surface area contributed by atoms with Crippen molar-refractivity contribution in [3.8, 4) is 23.1 Å². The van der Waals surface area contributed by atoms with E-state index in [1.807, 2.05) is 11.4 Å². The van der Waals surface area contributed by atoms with Crippen LogP contribution in [-0.2, 0) is 0 Å². The van der Waals surface area contributed by atoms with Crippen molar-refractivity contribution in [1.82, 2.24) is 14.8 Å². The lowest BCUT2D eigenvalue weighted by Gasteiger charge is -2.08. The topological polar surface area (TPSA) is 69.0 Å². The molecule has 28 heavy (non-hydrogen) atoms. The SMILES string of the molecule is COc1nc(-c2cccc(F)c2)n(-c2ccc(NC(=O)c3cccs3)cc2)n1. The third-order valence-electron chi connectivity index (χ3n) is 3.97. The predicted octanol–water partition coefficient (Wildman–Crippen LogP) is 4.40. The molecule has 4 aromatic rings. The van der Waals surface area contributed by atoms with E-state index in [1.165, 1.54) is 30.6 Å². The Hall–Kier alpha value is -3.52. The maximum Gasteiger partial charge on any atom is 0.336 e. The minimum atomic E-state index is -0.363. The minimum Gasteiger partial charge on any atom is -0.466 e. The third-order valence-corrected chi connectivity index (χ3v) is 4.84. The molecule has 0 aliphatic heterocycles. The number of carbonyl (C=O) groups is 1. The number of hydrogen-bond acceptors (Lipinski definition) is 5. The second-order valence-corrected chi connectivity index (χ2v) is 6.77. The molecule has 0 fully saturated rings. The van der Waals surface area contributed by atoms with Gasteiger partial charge >= 0.3 is 6.01 Å². The van der Waals surface area contributed by atoms with Crippen LogP contribution in [0.25, 0.3) is 17.1 Å². The Kier molecular flexibility index (Phi) is 4.86. The fraction of sp³-hybridized carbons (Fsp3) is 0.0500. The van der Waals surface area contributed by atoms with Crippen molar-refractivity contribution in [3.63, 3.8) is 0 Å². The zero-order valence-electron chi connectivity index (χ0n) is 14.8. The Bertz CT molecular complexity index is 1110. The number of rotatable bonds is 5. The van der Waals surface area contributed by atoms with Crippen LogP contribution in [0, 0.1) is 5.82 Å². The first-order valence-electron chi connectivity index (χ1n) is 8.36. The van der Waals surface area contributed by atoms with Gasteiger partial charge in [-0.15, -0.1) is 16.4 Å². The van der Waals surface area contributed by atoms with Crippen molar-refractivity contribution in [3.05, 3.63) is 76.7 Å². The number of nitrogens with zero attached hydrogens (tertiary/aromatic N) is 3. The molecule has 2 aromatic carbocycles. The molecule has 1 amide bonds. The van der Waals surface area contributed by atoms with Gasteiger partial charge in [-0.05, 0) is 47.8 Å². The molecule has 2 aromatic heterocycles. The summed E-state index contributed by atoms with van der Waals surface area (Å²) in [6.45, 7) is 0. The molecule has 0 atom stereocenters. The van der Waals surface area contributed by atoms with Gasteiger partial charge in [-0.25, -0.2) is 9.07 Å². The highest BCUT2D eigenvalue weighted by molar-refractivity contribution is 7.12. The van der Waals surface area contributed by atoms with E-state index in [0.717, 1.165) is 0 Å². The highest BCUT2D eigenvalue weighted by Gasteiger charge is 2.15. The molecule has 0 radical (unpaired) electrons. The van der Waals surface area contributed by atoms with Crippen molar-refractivity contribution in [2.24, 2.45) is 0 Å². The number of halogens is 1. The zero-order chi connectivity index (χ0) is 19.5. The maximum absolute atomic E-state index is 13.6. The average Bonchev–Trinajstić information content (AvgIpc) is 3.39. The summed E-state index contributed by atoms with van der Waals surface area (Å²) in [5.41, 5.74) is 1.93. The third kappa shape index (κ3) is 3.63. The molecular weight excluding hydrogens is 379 g/mol. The first-order chi connectivity index (χ1) is 13.6.